The van der Waals surface area contributed by atoms with E-state index in [1.54, 1.807) is 6.07 Å². The zero-order chi connectivity index (χ0) is 9.84. The fourth-order valence-corrected chi connectivity index (χ4v) is 1.13. The molecule has 72 valence electrons. The average molecular weight is 187 g/mol. The van der Waals surface area contributed by atoms with Crippen molar-refractivity contribution < 1.29 is 13.5 Å². The summed E-state index contributed by atoms with van der Waals surface area (Å²) in [5, 5.41) is 0. The number of rotatable bonds is 3. The van der Waals surface area contributed by atoms with E-state index in [9.17, 15) is 8.78 Å². The lowest BCUT2D eigenvalue weighted by atomic mass is 10.1. The van der Waals surface area contributed by atoms with Gasteiger partial charge in [-0.05, 0) is 12.1 Å². The van der Waals surface area contributed by atoms with Gasteiger partial charge in [0.25, 0.3) is 0 Å². The zero-order valence-corrected chi connectivity index (χ0v) is 7.26. The van der Waals surface area contributed by atoms with Gasteiger partial charge in [0.05, 0.1) is 13.2 Å². The first kappa shape index (κ1) is 9.92. The van der Waals surface area contributed by atoms with Crippen molar-refractivity contribution in [2.75, 3.05) is 13.8 Å². The van der Waals surface area contributed by atoms with Crippen LogP contribution in [-0.4, -0.2) is 13.8 Å². The quantitative estimate of drug-likeness (QED) is 0.783. The summed E-state index contributed by atoms with van der Waals surface area (Å²) >= 11 is 0. The second-order valence-corrected chi connectivity index (χ2v) is 2.62. The van der Waals surface area contributed by atoms with Crippen molar-refractivity contribution in [2.45, 2.75) is 6.04 Å². The van der Waals surface area contributed by atoms with Crippen LogP contribution in [0.5, 0.6) is 5.75 Å². The number of methoxy groups -OCH3 is 1. The summed E-state index contributed by atoms with van der Waals surface area (Å²) in [5.74, 6) is -0.255. The number of ether oxygens (including phenoxy) is 1. The molecule has 1 aromatic rings. The Morgan fingerprint density at radius 1 is 1.54 bits per heavy atom. The minimum atomic E-state index is -0.962. The zero-order valence-electron chi connectivity index (χ0n) is 7.26. The molecule has 2 nitrogen and oxygen atoms in total. The number of hydrogen-bond acceptors (Lipinski definition) is 2. The minimum absolute atomic E-state index is 0.0903. The molecule has 0 unspecified atom stereocenters. The Morgan fingerprint density at radius 3 is 2.77 bits per heavy atom. The molecular formula is C9H11F2NO. The lowest BCUT2D eigenvalue weighted by Gasteiger charge is -2.12. The predicted octanol–water partition coefficient (Wildman–Crippen LogP) is 1.80. The predicted molar refractivity (Wildman–Crippen MR) is 45.9 cm³/mol. The van der Waals surface area contributed by atoms with E-state index < -0.39 is 18.5 Å². The smallest absolute Gasteiger partial charge is 0.131 e. The Bertz CT molecular complexity index is 291. The lowest BCUT2D eigenvalue weighted by molar-refractivity contribution is 0.379. The molecule has 0 aromatic heterocycles. The van der Waals surface area contributed by atoms with Gasteiger partial charge in [0.15, 0.2) is 0 Å². The molecule has 0 radical (unpaired) electrons. The van der Waals surface area contributed by atoms with E-state index in [1.165, 1.54) is 19.2 Å². The molecule has 0 aliphatic rings. The van der Waals surface area contributed by atoms with Crippen LogP contribution in [0.3, 0.4) is 0 Å². The largest absolute Gasteiger partial charge is 0.496 e. The first-order chi connectivity index (χ1) is 6.20. The molecule has 0 saturated carbocycles. The maximum Gasteiger partial charge on any atom is 0.131 e. The second-order valence-electron chi connectivity index (χ2n) is 2.62. The van der Waals surface area contributed by atoms with E-state index in [-0.39, 0.29) is 11.3 Å². The number of alkyl halides is 1. The summed E-state index contributed by atoms with van der Waals surface area (Å²) in [7, 11) is 1.39. The summed E-state index contributed by atoms with van der Waals surface area (Å²) in [6.07, 6.45) is 0. The highest BCUT2D eigenvalue weighted by molar-refractivity contribution is 5.37. The third kappa shape index (κ3) is 1.95. The van der Waals surface area contributed by atoms with Crippen LogP contribution in [0.25, 0.3) is 0 Å². The van der Waals surface area contributed by atoms with Crippen LogP contribution in [0.15, 0.2) is 18.2 Å². The van der Waals surface area contributed by atoms with Crippen molar-refractivity contribution >= 4 is 0 Å². The first-order valence-corrected chi connectivity index (χ1v) is 3.84. The normalized spacial score (nSPS) is 12.6. The fourth-order valence-electron chi connectivity index (χ4n) is 1.13. The van der Waals surface area contributed by atoms with E-state index >= 15 is 0 Å². The van der Waals surface area contributed by atoms with Crippen molar-refractivity contribution in [1.29, 1.82) is 0 Å². The van der Waals surface area contributed by atoms with Gasteiger partial charge in [-0.1, -0.05) is 6.07 Å². The van der Waals surface area contributed by atoms with Crippen molar-refractivity contribution in [3.8, 4) is 5.75 Å². The molecule has 0 bridgehead atoms. The molecule has 1 rings (SSSR count). The fraction of sp³-hybridized carbons (Fsp3) is 0.333. The lowest BCUT2D eigenvalue weighted by Crippen LogP contribution is -2.15. The molecule has 0 amide bonds. The van der Waals surface area contributed by atoms with Gasteiger partial charge in [0.2, 0.25) is 0 Å². The van der Waals surface area contributed by atoms with Crippen LogP contribution in [-0.2, 0) is 0 Å². The highest BCUT2D eigenvalue weighted by atomic mass is 19.1. The van der Waals surface area contributed by atoms with E-state index in [4.69, 9.17) is 10.5 Å². The Balaban J connectivity index is 3.14. The summed E-state index contributed by atoms with van der Waals surface area (Å²) in [6.45, 7) is -0.808. The molecule has 0 spiro atoms. The van der Waals surface area contributed by atoms with Crippen molar-refractivity contribution in [2.24, 2.45) is 5.73 Å². The summed E-state index contributed by atoms with van der Waals surface area (Å²) in [5.41, 5.74) is 5.47. The van der Waals surface area contributed by atoms with Gasteiger partial charge in [-0.15, -0.1) is 0 Å². The van der Waals surface area contributed by atoms with Crippen molar-refractivity contribution in [1.82, 2.24) is 0 Å². The van der Waals surface area contributed by atoms with Crippen LogP contribution >= 0.6 is 0 Å². The highest BCUT2D eigenvalue weighted by Crippen LogP contribution is 2.26. The van der Waals surface area contributed by atoms with Crippen LogP contribution < -0.4 is 10.5 Å². The molecule has 13 heavy (non-hydrogen) atoms. The Labute approximate surface area is 75.3 Å². The van der Waals surface area contributed by atoms with Crippen LogP contribution in [0, 0.1) is 5.82 Å². The third-order valence-corrected chi connectivity index (χ3v) is 1.77. The van der Waals surface area contributed by atoms with Gasteiger partial charge in [0.1, 0.15) is 18.2 Å². The maximum absolute atomic E-state index is 13.1. The number of halogens is 2. The first-order valence-electron chi connectivity index (χ1n) is 3.84. The van der Waals surface area contributed by atoms with E-state index in [0.29, 0.717) is 0 Å². The molecule has 1 aromatic carbocycles. The van der Waals surface area contributed by atoms with Gasteiger partial charge < -0.3 is 10.5 Å². The number of benzene rings is 1. The highest BCUT2D eigenvalue weighted by Gasteiger charge is 2.16. The summed E-state index contributed by atoms with van der Waals surface area (Å²) < 4.78 is 30.2. The average Bonchev–Trinajstić information content (AvgIpc) is 2.16. The monoisotopic (exact) mass is 187 g/mol. The van der Waals surface area contributed by atoms with Gasteiger partial charge in [-0.25, -0.2) is 8.78 Å². The number of hydrogen-bond donors (Lipinski definition) is 1. The van der Waals surface area contributed by atoms with Crippen molar-refractivity contribution in [3.05, 3.63) is 29.6 Å². The van der Waals surface area contributed by atoms with Crippen LogP contribution in [0.2, 0.25) is 0 Å². The minimum Gasteiger partial charge on any atom is -0.496 e. The molecule has 0 heterocycles. The van der Waals surface area contributed by atoms with E-state index in [2.05, 4.69) is 0 Å². The Kier molecular flexibility index (Phi) is 3.19. The molecule has 4 heteroatoms. The molecule has 0 aliphatic heterocycles. The van der Waals surface area contributed by atoms with Gasteiger partial charge in [-0.3, -0.25) is 0 Å². The van der Waals surface area contributed by atoms with E-state index in [1.807, 2.05) is 0 Å². The number of nitrogens with two attached hydrogens (primary N) is 1. The summed E-state index contributed by atoms with van der Waals surface area (Å²) in [6, 6.07) is 3.31. The topological polar surface area (TPSA) is 35.2 Å². The van der Waals surface area contributed by atoms with Crippen molar-refractivity contribution in [3.63, 3.8) is 0 Å². The van der Waals surface area contributed by atoms with Gasteiger partial charge in [0, 0.05) is 5.56 Å². The molecule has 1 atom stereocenters. The van der Waals surface area contributed by atoms with E-state index in [0.717, 1.165) is 0 Å². The third-order valence-electron chi connectivity index (χ3n) is 1.77. The molecule has 0 aliphatic carbocycles. The standard InChI is InChI=1S/C9H11F2NO/c1-13-8-4-2-3-6(11)9(8)7(12)5-10/h2-4,7H,5,12H2,1H3/t7-/m1/s1. The molecular weight excluding hydrogens is 176 g/mol. The van der Waals surface area contributed by atoms with Gasteiger partial charge >= 0.3 is 0 Å². The summed E-state index contributed by atoms with van der Waals surface area (Å²) in [4.78, 5) is 0. The SMILES string of the molecule is COc1cccc(F)c1[C@H](N)CF. The second kappa shape index (κ2) is 4.18. The molecule has 2 N–H and O–H groups in total. The van der Waals surface area contributed by atoms with Crippen LogP contribution in [0.1, 0.15) is 11.6 Å². The maximum atomic E-state index is 13.1. The molecule has 0 fully saturated rings. The van der Waals surface area contributed by atoms with Crippen LogP contribution in [0.4, 0.5) is 8.78 Å². The Hall–Kier alpha value is -1.16. The molecule has 0 saturated heterocycles. The van der Waals surface area contributed by atoms with Gasteiger partial charge in [-0.2, -0.15) is 0 Å². The Morgan fingerprint density at radius 2 is 2.23 bits per heavy atom.